The number of halogens is 3. The number of hydrogen-bond donors (Lipinski definition) is 1. The predicted molar refractivity (Wildman–Crippen MR) is 132 cm³/mol. The highest BCUT2D eigenvalue weighted by Crippen LogP contribution is 2.38. The van der Waals surface area contributed by atoms with E-state index in [4.69, 9.17) is 27.9 Å². The van der Waals surface area contributed by atoms with Gasteiger partial charge in [0.05, 0.1) is 25.1 Å². The molecule has 1 saturated heterocycles. The minimum Gasteiger partial charge on any atom is -0.481 e. The molecule has 3 aromatic carbocycles. The summed E-state index contributed by atoms with van der Waals surface area (Å²) < 4.78 is 5.96. The van der Waals surface area contributed by atoms with Crippen LogP contribution in [0.1, 0.15) is 11.1 Å². The van der Waals surface area contributed by atoms with E-state index in [2.05, 4.69) is 21.4 Å². The predicted octanol–water partition coefficient (Wildman–Crippen LogP) is 5.70. The molecule has 0 atom stereocenters. The minimum atomic E-state index is -0.618. The quantitative estimate of drug-likeness (QED) is 0.179. The SMILES string of the molecule is O=C1NN(c2ccccc2)C(=O)/C1=C\c1cc(Br)c(OCc2ccc(Cl)c(Cl)c2)c([N+](=O)[O-])c1. The molecular weight excluding hydrogens is 549 g/mol. The summed E-state index contributed by atoms with van der Waals surface area (Å²) in [5.74, 6) is -1.20. The zero-order valence-corrected chi connectivity index (χ0v) is 20.2. The Bertz CT molecular complexity index is 1350. The molecule has 172 valence electrons. The molecule has 0 spiro atoms. The molecule has 0 bridgehead atoms. The van der Waals surface area contributed by atoms with Crippen molar-refractivity contribution in [3.05, 3.63) is 102 Å². The molecule has 2 amide bonds. The van der Waals surface area contributed by atoms with Crippen LogP contribution in [0.25, 0.3) is 6.08 Å². The highest BCUT2D eigenvalue weighted by atomic mass is 79.9. The fourth-order valence-electron chi connectivity index (χ4n) is 3.23. The lowest BCUT2D eigenvalue weighted by Crippen LogP contribution is -2.35. The Hall–Kier alpha value is -3.40. The molecule has 1 N–H and O–H groups in total. The van der Waals surface area contributed by atoms with E-state index >= 15 is 0 Å². The molecular formula is C23H14BrCl2N3O5. The number of ether oxygens (including phenoxy) is 1. The lowest BCUT2D eigenvalue weighted by molar-refractivity contribution is -0.386. The number of nitrogens with one attached hydrogen (secondary N) is 1. The van der Waals surface area contributed by atoms with Gasteiger partial charge in [-0.25, -0.2) is 5.01 Å². The van der Waals surface area contributed by atoms with Crippen LogP contribution in [0.3, 0.4) is 0 Å². The summed E-state index contributed by atoms with van der Waals surface area (Å²) >= 11 is 15.2. The molecule has 34 heavy (non-hydrogen) atoms. The van der Waals surface area contributed by atoms with E-state index in [-0.39, 0.29) is 33.7 Å². The first-order chi connectivity index (χ1) is 16.2. The highest BCUT2D eigenvalue weighted by Gasteiger charge is 2.34. The number of anilines is 1. The fraction of sp³-hybridized carbons (Fsp3) is 0.0435. The third-order valence-electron chi connectivity index (χ3n) is 4.83. The van der Waals surface area contributed by atoms with Crippen molar-refractivity contribution in [3.8, 4) is 5.75 Å². The van der Waals surface area contributed by atoms with Gasteiger partial charge < -0.3 is 4.74 Å². The van der Waals surface area contributed by atoms with Gasteiger partial charge in [0.15, 0.2) is 0 Å². The Kier molecular flexibility index (Phi) is 6.87. The van der Waals surface area contributed by atoms with Crippen molar-refractivity contribution in [1.29, 1.82) is 0 Å². The average molecular weight is 563 g/mol. The normalized spacial score (nSPS) is 14.4. The maximum Gasteiger partial charge on any atom is 0.312 e. The van der Waals surface area contributed by atoms with Gasteiger partial charge in [0.2, 0.25) is 5.75 Å². The van der Waals surface area contributed by atoms with Crippen LogP contribution >= 0.6 is 39.1 Å². The van der Waals surface area contributed by atoms with Crippen LogP contribution in [-0.4, -0.2) is 16.7 Å². The van der Waals surface area contributed by atoms with Crippen molar-refractivity contribution >= 4 is 68.4 Å². The van der Waals surface area contributed by atoms with Crippen LogP contribution in [0.5, 0.6) is 5.75 Å². The van der Waals surface area contributed by atoms with Crippen LogP contribution in [0.4, 0.5) is 11.4 Å². The van der Waals surface area contributed by atoms with Gasteiger partial charge >= 0.3 is 5.69 Å². The number of nitro groups is 1. The third-order valence-corrected chi connectivity index (χ3v) is 6.16. The lowest BCUT2D eigenvalue weighted by Gasteiger charge is -2.13. The maximum atomic E-state index is 12.8. The molecule has 1 aliphatic rings. The smallest absolute Gasteiger partial charge is 0.312 e. The topological polar surface area (TPSA) is 102 Å². The summed E-state index contributed by atoms with van der Waals surface area (Å²) in [5.41, 5.74) is 3.41. The first-order valence-electron chi connectivity index (χ1n) is 9.71. The zero-order chi connectivity index (χ0) is 24.4. The van der Waals surface area contributed by atoms with Crippen molar-refractivity contribution in [2.24, 2.45) is 0 Å². The van der Waals surface area contributed by atoms with E-state index < -0.39 is 16.7 Å². The van der Waals surface area contributed by atoms with Gasteiger partial charge in [0, 0.05) is 6.07 Å². The zero-order valence-electron chi connectivity index (χ0n) is 17.1. The summed E-state index contributed by atoms with van der Waals surface area (Å²) in [5, 5.41) is 13.6. The fourth-order valence-corrected chi connectivity index (χ4v) is 4.13. The summed E-state index contributed by atoms with van der Waals surface area (Å²) in [7, 11) is 0. The summed E-state index contributed by atoms with van der Waals surface area (Å²) in [4.78, 5) is 36.3. The number of para-hydroxylation sites is 1. The van der Waals surface area contributed by atoms with E-state index in [1.54, 1.807) is 48.5 Å². The van der Waals surface area contributed by atoms with E-state index in [1.165, 1.54) is 18.2 Å². The van der Waals surface area contributed by atoms with Crippen molar-refractivity contribution in [3.63, 3.8) is 0 Å². The minimum absolute atomic E-state index is 0.00366. The summed E-state index contributed by atoms with van der Waals surface area (Å²) in [6, 6.07) is 16.2. The van der Waals surface area contributed by atoms with Crippen LogP contribution in [0.2, 0.25) is 10.0 Å². The number of benzene rings is 3. The third kappa shape index (κ3) is 4.91. The van der Waals surface area contributed by atoms with Gasteiger partial charge in [-0.3, -0.25) is 25.1 Å². The molecule has 11 heteroatoms. The van der Waals surface area contributed by atoms with Gasteiger partial charge in [-0.05, 0) is 63.5 Å². The van der Waals surface area contributed by atoms with Crippen molar-refractivity contribution in [2.45, 2.75) is 6.61 Å². The van der Waals surface area contributed by atoms with Gasteiger partial charge in [0.1, 0.15) is 12.2 Å². The van der Waals surface area contributed by atoms with Gasteiger partial charge in [-0.2, -0.15) is 0 Å². The number of nitro benzene ring substituents is 1. The molecule has 0 aliphatic carbocycles. The lowest BCUT2D eigenvalue weighted by atomic mass is 10.1. The number of amides is 2. The largest absolute Gasteiger partial charge is 0.481 e. The maximum absolute atomic E-state index is 12.8. The number of nitrogens with zero attached hydrogens (tertiary/aromatic N) is 2. The Balaban J connectivity index is 1.63. The molecule has 0 saturated carbocycles. The molecule has 1 fully saturated rings. The Morgan fingerprint density at radius 2 is 1.79 bits per heavy atom. The number of carbonyl (C=O) groups is 2. The second-order valence-electron chi connectivity index (χ2n) is 7.12. The molecule has 3 aromatic rings. The number of hydrazine groups is 1. The van der Waals surface area contributed by atoms with E-state index in [9.17, 15) is 19.7 Å². The van der Waals surface area contributed by atoms with E-state index in [1.807, 2.05) is 0 Å². The standard InChI is InChI=1S/C23H14BrCl2N3O5/c24-17-9-14(8-16-22(30)27-28(23(16)31)15-4-2-1-3-5-15)11-20(29(32)33)21(17)34-12-13-6-7-18(25)19(26)10-13/h1-11H,12H2,(H,27,30)/b16-8-. The highest BCUT2D eigenvalue weighted by molar-refractivity contribution is 9.10. The van der Waals surface area contributed by atoms with Crippen molar-refractivity contribution in [2.75, 3.05) is 5.01 Å². The Morgan fingerprint density at radius 1 is 1.06 bits per heavy atom. The first-order valence-corrected chi connectivity index (χ1v) is 11.3. The molecule has 4 rings (SSSR count). The van der Waals surface area contributed by atoms with Gasteiger partial charge in [-0.15, -0.1) is 0 Å². The molecule has 0 radical (unpaired) electrons. The second kappa shape index (κ2) is 9.84. The van der Waals surface area contributed by atoms with Crippen LogP contribution in [-0.2, 0) is 16.2 Å². The first kappa shape index (κ1) is 23.7. The molecule has 8 nitrogen and oxygen atoms in total. The van der Waals surface area contributed by atoms with Crippen LogP contribution in [0, 0.1) is 10.1 Å². The number of hydrogen-bond acceptors (Lipinski definition) is 5. The molecule has 1 aliphatic heterocycles. The van der Waals surface area contributed by atoms with Crippen LogP contribution in [0.15, 0.2) is 70.7 Å². The number of carbonyl (C=O) groups excluding carboxylic acids is 2. The molecule has 0 unspecified atom stereocenters. The van der Waals surface area contributed by atoms with E-state index in [0.717, 1.165) is 5.01 Å². The Morgan fingerprint density at radius 3 is 2.47 bits per heavy atom. The van der Waals surface area contributed by atoms with Gasteiger partial charge in [-0.1, -0.05) is 47.5 Å². The van der Waals surface area contributed by atoms with Gasteiger partial charge in [0.25, 0.3) is 11.8 Å². The van der Waals surface area contributed by atoms with Crippen molar-refractivity contribution in [1.82, 2.24) is 5.43 Å². The Labute approximate surface area is 212 Å². The molecule has 1 heterocycles. The average Bonchev–Trinajstić information content (AvgIpc) is 3.09. The summed E-state index contributed by atoms with van der Waals surface area (Å²) in [6.45, 7) is 0.00366. The summed E-state index contributed by atoms with van der Waals surface area (Å²) in [6.07, 6.45) is 1.29. The molecule has 0 aromatic heterocycles. The van der Waals surface area contributed by atoms with Crippen molar-refractivity contribution < 1.29 is 19.2 Å². The van der Waals surface area contributed by atoms with Crippen LogP contribution < -0.4 is 15.2 Å². The second-order valence-corrected chi connectivity index (χ2v) is 8.79. The van der Waals surface area contributed by atoms with E-state index in [0.29, 0.717) is 21.3 Å². The number of rotatable bonds is 6. The monoisotopic (exact) mass is 561 g/mol.